The lowest BCUT2D eigenvalue weighted by molar-refractivity contribution is -0.115. The minimum atomic E-state index is -0.804. The van der Waals surface area contributed by atoms with Gasteiger partial charge in [-0.05, 0) is 43.2 Å². The number of amides is 1. The lowest BCUT2D eigenvalue weighted by atomic mass is 10.0. The predicted octanol–water partition coefficient (Wildman–Crippen LogP) is 4.51. The van der Waals surface area contributed by atoms with Gasteiger partial charge in [-0.15, -0.1) is 0 Å². The van der Waals surface area contributed by atoms with E-state index in [1.165, 1.54) is 12.3 Å². The third-order valence-corrected chi connectivity index (χ3v) is 3.65. The molecule has 1 amide bonds. The topological polar surface area (TPSA) is 42.2 Å². The van der Waals surface area contributed by atoms with Crippen molar-refractivity contribution in [2.24, 2.45) is 0 Å². The largest absolute Gasteiger partial charge is 0.464 e. The SMILES string of the molecule is Cc1cc(C)c2c(CC(=O)Nc3ccc(F)cc3F)coc2c1. The molecule has 0 fully saturated rings. The number of halogens is 2. The molecule has 0 saturated carbocycles. The summed E-state index contributed by atoms with van der Waals surface area (Å²) in [4.78, 5) is 12.1. The molecule has 0 atom stereocenters. The highest BCUT2D eigenvalue weighted by Gasteiger charge is 2.14. The Balaban J connectivity index is 1.83. The number of fused-ring (bicyclic) bond motifs is 1. The van der Waals surface area contributed by atoms with Gasteiger partial charge in [0.25, 0.3) is 0 Å². The van der Waals surface area contributed by atoms with Gasteiger partial charge in [0.15, 0.2) is 0 Å². The van der Waals surface area contributed by atoms with Crippen molar-refractivity contribution in [1.29, 1.82) is 0 Å². The molecule has 23 heavy (non-hydrogen) atoms. The molecule has 3 aromatic rings. The molecule has 2 aromatic carbocycles. The van der Waals surface area contributed by atoms with Crippen LogP contribution in [0.25, 0.3) is 11.0 Å². The van der Waals surface area contributed by atoms with Gasteiger partial charge >= 0.3 is 0 Å². The van der Waals surface area contributed by atoms with E-state index in [9.17, 15) is 13.6 Å². The Morgan fingerprint density at radius 3 is 2.70 bits per heavy atom. The van der Waals surface area contributed by atoms with Crippen LogP contribution >= 0.6 is 0 Å². The van der Waals surface area contributed by atoms with Crippen LogP contribution in [0.4, 0.5) is 14.5 Å². The summed E-state index contributed by atoms with van der Waals surface area (Å²) < 4.78 is 32.0. The quantitative estimate of drug-likeness (QED) is 0.772. The van der Waals surface area contributed by atoms with Crippen LogP contribution in [0.1, 0.15) is 16.7 Å². The third kappa shape index (κ3) is 3.08. The highest BCUT2D eigenvalue weighted by molar-refractivity contribution is 5.96. The lowest BCUT2D eigenvalue weighted by Crippen LogP contribution is -2.15. The van der Waals surface area contributed by atoms with Gasteiger partial charge in [-0.2, -0.15) is 0 Å². The smallest absolute Gasteiger partial charge is 0.229 e. The summed E-state index contributed by atoms with van der Waals surface area (Å²) in [7, 11) is 0. The fraction of sp³-hybridized carbons (Fsp3) is 0.167. The summed E-state index contributed by atoms with van der Waals surface area (Å²) in [6.07, 6.45) is 1.59. The van der Waals surface area contributed by atoms with Gasteiger partial charge in [0, 0.05) is 17.0 Å². The summed E-state index contributed by atoms with van der Waals surface area (Å²) in [5, 5.41) is 3.34. The first-order valence-electron chi connectivity index (χ1n) is 7.16. The van der Waals surface area contributed by atoms with E-state index in [1.807, 2.05) is 26.0 Å². The Labute approximate surface area is 131 Å². The number of hydrogen-bond acceptors (Lipinski definition) is 2. The maximum atomic E-state index is 13.6. The predicted molar refractivity (Wildman–Crippen MR) is 84.4 cm³/mol. The van der Waals surface area contributed by atoms with Crippen molar-refractivity contribution in [2.75, 3.05) is 5.32 Å². The van der Waals surface area contributed by atoms with Gasteiger partial charge in [0.2, 0.25) is 5.91 Å². The molecule has 0 unspecified atom stereocenters. The normalized spacial score (nSPS) is 11.0. The number of benzene rings is 2. The molecule has 0 aliphatic carbocycles. The average Bonchev–Trinajstić information content (AvgIpc) is 2.85. The van der Waals surface area contributed by atoms with Crippen molar-refractivity contribution < 1.29 is 18.0 Å². The van der Waals surface area contributed by atoms with E-state index < -0.39 is 17.5 Å². The Morgan fingerprint density at radius 2 is 1.96 bits per heavy atom. The Hall–Kier alpha value is -2.69. The summed E-state index contributed by atoms with van der Waals surface area (Å²) in [6.45, 7) is 3.92. The van der Waals surface area contributed by atoms with Crippen LogP contribution in [-0.2, 0) is 11.2 Å². The third-order valence-electron chi connectivity index (χ3n) is 3.65. The van der Waals surface area contributed by atoms with Gasteiger partial charge in [-0.1, -0.05) is 6.07 Å². The van der Waals surface area contributed by atoms with Gasteiger partial charge in [0.05, 0.1) is 18.4 Å². The van der Waals surface area contributed by atoms with Crippen molar-refractivity contribution >= 4 is 22.6 Å². The molecule has 1 heterocycles. The maximum absolute atomic E-state index is 13.6. The molecule has 1 aromatic heterocycles. The number of carbonyl (C=O) groups excluding carboxylic acids is 1. The average molecular weight is 315 g/mol. The fourth-order valence-corrected chi connectivity index (χ4v) is 2.71. The first-order valence-corrected chi connectivity index (χ1v) is 7.16. The molecule has 0 spiro atoms. The van der Waals surface area contributed by atoms with E-state index in [2.05, 4.69) is 5.32 Å². The van der Waals surface area contributed by atoms with Crippen molar-refractivity contribution in [3.8, 4) is 0 Å². The number of carbonyl (C=O) groups is 1. The Bertz CT molecular complexity index is 899. The van der Waals surface area contributed by atoms with Crippen LogP contribution in [0, 0.1) is 25.5 Å². The van der Waals surface area contributed by atoms with E-state index in [1.54, 1.807) is 0 Å². The maximum Gasteiger partial charge on any atom is 0.229 e. The second-order valence-electron chi connectivity index (χ2n) is 5.57. The molecule has 3 rings (SSSR count). The molecule has 0 radical (unpaired) electrons. The van der Waals surface area contributed by atoms with E-state index in [0.29, 0.717) is 0 Å². The lowest BCUT2D eigenvalue weighted by Gasteiger charge is -2.06. The fourth-order valence-electron chi connectivity index (χ4n) is 2.71. The summed E-state index contributed by atoms with van der Waals surface area (Å²) in [5.74, 6) is -1.88. The zero-order valence-electron chi connectivity index (χ0n) is 12.7. The first kappa shape index (κ1) is 15.2. The highest BCUT2D eigenvalue weighted by Crippen LogP contribution is 2.27. The molecular weight excluding hydrogens is 300 g/mol. The van der Waals surface area contributed by atoms with Gasteiger partial charge in [-0.25, -0.2) is 8.78 Å². The standard InChI is InChI=1S/C18H15F2NO2/c1-10-5-11(2)18-12(9-23-16(18)6-10)7-17(22)21-15-4-3-13(19)8-14(15)20/h3-6,8-9H,7H2,1-2H3,(H,21,22). The first-order chi connectivity index (χ1) is 10.9. The molecule has 3 nitrogen and oxygen atoms in total. The van der Waals surface area contributed by atoms with E-state index >= 15 is 0 Å². The molecular formula is C18H15F2NO2. The van der Waals surface area contributed by atoms with Crippen LogP contribution in [0.5, 0.6) is 0 Å². The van der Waals surface area contributed by atoms with Crippen molar-refractivity contribution in [3.63, 3.8) is 0 Å². The second-order valence-corrected chi connectivity index (χ2v) is 5.57. The zero-order valence-corrected chi connectivity index (χ0v) is 12.7. The number of hydrogen-bond donors (Lipinski definition) is 1. The molecule has 0 aliphatic heterocycles. The second kappa shape index (κ2) is 5.83. The van der Waals surface area contributed by atoms with Crippen LogP contribution in [-0.4, -0.2) is 5.91 Å². The zero-order chi connectivity index (χ0) is 16.6. The number of aryl methyl sites for hydroxylation is 2. The summed E-state index contributed by atoms with van der Waals surface area (Å²) >= 11 is 0. The number of nitrogens with one attached hydrogen (secondary N) is 1. The number of anilines is 1. The molecule has 118 valence electrons. The van der Waals surface area contributed by atoms with Gasteiger partial charge in [0.1, 0.15) is 17.2 Å². The monoisotopic (exact) mass is 315 g/mol. The van der Waals surface area contributed by atoms with Crippen LogP contribution in [0.3, 0.4) is 0 Å². The van der Waals surface area contributed by atoms with Crippen LogP contribution in [0.15, 0.2) is 41.0 Å². The van der Waals surface area contributed by atoms with Crippen LogP contribution in [0.2, 0.25) is 0 Å². The van der Waals surface area contributed by atoms with Gasteiger partial charge < -0.3 is 9.73 Å². The Kier molecular flexibility index (Phi) is 3.86. The van der Waals surface area contributed by atoms with Crippen molar-refractivity contribution in [3.05, 3.63) is 64.9 Å². The van der Waals surface area contributed by atoms with E-state index in [4.69, 9.17) is 4.42 Å². The van der Waals surface area contributed by atoms with Crippen LogP contribution < -0.4 is 5.32 Å². The molecule has 0 saturated heterocycles. The molecule has 0 bridgehead atoms. The molecule has 1 N–H and O–H groups in total. The molecule has 0 aliphatic rings. The number of rotatable bonds is 3. The minimum absolute atomic E-state index is 0.0447. The summed E-state index contributed by atoms with van der Waals surface area (Å²) in [5.41, 5.74) is 3.51. The minimum Gasteiger partial charge on any atom is -0.464 e. The Morgan fingerprint density at radius 1 is 1.17 bits per heavy atom. The van der Waals surface area contributed by atoms with E-state index in [-0.39, 0.29) is 12.1 Å². The van der Waals surface area contributed by atoms with Gasteiger partial charge in [-0.3, -0.25) is 4.79 Å². The highest BCUT2D eigenvalue weighted by atomic mass is 19.1. The van der Waals surface area contributed by atoms with Crippen molar-refractivity contribution in [2.45, 2.75) is 20.3 Å². The van der Waals surface area contributed by atoms with Crippen molar-refractivity contribution in [1.82, 2.24) is 0 Å². The summed E-state index contributed by atoms with van der Waals surface area (Å²) in [6, 6.07) is 6.95. The molecule has 5 heteroatoms. The number of furan rings is 1. The van der Waals surface area contributed by atoms with E-state index in [0.717, 1.165) is 39.8 Å².